The quantitative estimate of drug-likeness (QED) is 0.252. The lowest BCUT2D eigenvalue weighted by molar-refractivity contribution is 0.674. The highest BCUT2D eigenvalue weighted by molar-refractivity contribution is 7.16. The molecule has 1 heterocycles. The summed E-state index contributed by atoms with van der Waals surface area (Å²) >= 11 is 1.20. The van der Waals surface area contributed by atoms with Gasteiger partial charge in [0.15, 0.2) is 5.00 Å². The maximum absolute atomic E-state index is 9.41. The molecular weight excluding hydrogens is 414 g/mol. The molecule has 32 heavy (non-hydrogen) atoms. The van der Waals surface area contributed by atoms with E-state index in [2.05, 4.69) is 70.6 Å². The molecule has 5 nitrogen and oxygen atoms in total. The molecule has 0 saturated carbocycles. The van der Waals surface area contributed by atoms with Crippen LogP contribution >= 0.6 is 11.3 Å². The Morgan fingerprint density at radius 3 is 2.41 bits per heavy atom. The van der Waals surface area contributed by atoms with Gasteiger partial charge >= 0.3 is 0 Å². The Labute approximate surface area is 194 Å². The number of nitriles is 2. The first-order valence-corrected chi connectivity index (χ1v) is 11.6. The van der Waals surface area contributed by atoms with E-state index in [9.17, 15) is 10.5 Å². The zero-order chi connectivity index (χ0) is 22.9. The zero-order valence-corrected chi connectivity index (χ0v) is 19.6. The molecule has 0 aliphatic carbocycles. The summed E-state index contributed by atoms with van der Waals surface area (Å²) in [6.45, 7) is 7.88. The van der Waals surface area contributed by atoms with E-state index in [-0.39, 0.29) is 0 Å². The van der Waals surface area contributed by atoms with Gasteiger partial charge in [-0.2, -0.15) is 10.5 Å². The Kier molecular flexibility index (Phi) is 8.14. The number of unbranched alkanes of at least 4 members (excludes halogenated alkanes) is 2. The maximum Gasteiger partial charge on any atom is 0.158 e. The van der Waals surface area contributed by atoms with E-state index >= 15 is 0 Å². The molecule has 0 fully saturated rings. The third kappa shape index (κ3) is 5.60. The number of nitrogens with zero attached hydrogens (tertiary/aromatic N) is 5. The third-order valence-electron chi connectivity index (χ3n) is 5.38. The van der Waals surface area contributed by atoms with Crippen LogP contribution < -0.4 is 4.90 Å². The van der Waals surface area contributed by atoms with Crippen LogP contribution in [0.15, 0.2) is 58.8 Å². The van der Waals surface area contributed by atoms with Gasteiger partial charge in [-0.1, -0.05) is 50.1 Å². The number of hydrogen-bond acceptors (Lipinski definition) is 6. The third-order valence-corrected chi connectivity index (χ3v) is 6.46. The standard InChI is InChI=1S/C26H27N5S/c1-4-5-9-14-31(18-21-10-7-6-8-11-21)22-12-13-24(19(2)15-22)29-30-26-23(16-27)20(3)25(17-28)32-26/h6-8,10-13,15H,4-5,9,14,18H2,1-3H3/b30-29+. The summed E-state index contributed by atoms with van der Waals surface area (Å²) in [5.41, 5.74) is 5.33. The average molecular weight is 442 g/mol. The molecule has 2 aromatic carbocycles. The second kappa shape index (κ2) is 11.2. The monoisotopic (exact) mass is 441 g/mol. The van der Waals surface area contributed by atoms with Crippen LogP contribution in [0.1, 0.15) is 53.3 Å². The lowest BCUT2D eigenvalue weighted by Gasteiger charge is -2.25. The van der Waals surface area contributed by atoms with E-state index in [1.807, 2.05) is 19.1 Å². The van der Waals surface area contributed by atoms with Gasteiger partial charge in [0.25, 0.3) is 0 Å². The Hall–Kier alpha value is -3.48. The van der Waals surface area contributed by atoms with Crippen molar-refractivity contribution in [3.05, 3.63) is 75.7 Å². The van der Waals surface area contributed by atoms with E-state index in [0.717, 1.165) is 36.4 Å². The topological polar surface area (TPSA) is 75.5 Å². The molecule has 0 aliphatic heterocycles. The van der Waals surface area contributed by atoms with Gasteiger partial charge < -0.3 is 4.90 Å². The Morgan fingerprint density at radius 2 is 1.75 bits per heavy atom. The first-order valence-electron chi connectivity index (χ1n) is 10.8. The van der Waals surface area contributed by atoms with Crippen molar-refractivity contribution in [1.82, 2.24) is 0 Å². The van der Waals surface area contributed by atoms with Crippen molar-refractivity contribution in [2.75, 3.05) is 11.4 Å². The van der Waals surface area contributed by atoms with Gasteiger partial charge in [0, 0.05) is 18.8 Å². The molecule has 0 bridgehead atoms. The molecule has 0 amide bonds. The van der Waals surface area contributed by atoms with Crippen LogP contribution in [0.4, 0.5) is 16.4 Å². The minimum atomic E-state index is 0.425. The van der Waals surface area contributed by atoms with Gasteiger partial charge in [-0.05, 0) is 55.2 Å². The second-order valence-corrected chi connectivity index (χ2v) is 8.74. The SMILES string of the molecule is CCCCCN(Cc1ccccc1)c1ccc(/N=N/c2sc(C#N)c(C)c2C#N)c(C)c1. The summed E-state index contributed by atoms with van der Waals surface area (Å²) in [5, 5.41) is 27.8. The number of aryl methyl sites for hydroxylation is 1. The van der Waals surface area contributed by atoms with Crippen molar-refractivity contribution in [3.63, 3.8) is 0 Å². The highest BCUT2D eigenvalue weighted by atomic mass is 32.1. The van der Waals surface area contributed by atoms with Crippen molar-refractivity contribution >= 4 is 27.7 Å². The molecule has 6 heteroatoms. The van der Waals surface area contributed by atoms with Crippen LogP contribution in [0.25, 0.3) is 0 Å². The highest BCUT2D eigenvalue weighted by Crippen LogP contribution is 2.36. The van der Waals surface area contributed by atoms with Crippen LogP contribution in [0.3, 0.4) is 0 Å². The maximum atomic E-state index is 9.41. The molecule has 0 unspecified atom stereocenters. The van der Waals surface area contributed by atoms with Crippen LogP contribution in [0.5, 0.6) is 0 Å². The van der Waals surface area contributed by atoms with Crippen LogP contribution in [0, 0.1) is 36.5 Å². The van der Waals surface area contributed by atoms with Gasteiger partial charge in [0.1, 0.15) is 17.0 Å². The van der Waals surface area contributed by atoms with Crippen molar-refractivity contribution < 1.29 is 0 Å². The van der Waals surface area contributed by atoms with Gasteiger partial charge in [0.2, 0.25) is 0 Å². The van der Waals surface area contributed by atoms with E-state index in [0.29, 0.717) is 21.0 Å². The van der Waals surface area contributed by atoms with Gasteiger partial charge in [0.05, 0.1) is 11.3 Å². The predicted molar refractivity (Wildman–Crippen MR) is 131 cm³/mol. The van der Waals surface area contributed by atoms with Gasteiger partial charge in [-0.25, -0.2) is 0 Å². The largest absolute Gasteiger partial charge is 0.367 e. The minimum Gasteiger partial charge on any atom is -0.367 e. The Balaban J connectivity index is 1.84. The predicted octanol–water partition coefficient (Wildman–Crippen LogP) is 7.72. The van der Waals surface area contributed by atoms with Crippen molar-refractivity contribution in [2.24, 2.45) is 10.2 Å². The molecule has 0 aliphatic rings. The number of rotatable bonds is 9. The smallest absolute Gasteiger partial charge is 0.158 e. The highest BCUT2D eigenvalue weighted by Gasteiger charge is 2.15. The summed E-state index contributed by atoms with van der Waals surface area (Å²) in [5.74, 6) is 0. The summed E-state index contributed by atoms with van der Waals surface area (Å²) in [6.07, 6.45) is 3.56. The van der Waals surface area contributed by atoms with Gasteiger partial charge in [-0.15, -0.1) is 21.6 Å². The zero-order valence-electron chi connectivity index (χ0n) is 18.8. The van der Waals surface area contributed by atoms with Crippen molar-refractivity contribution in [2.45, 2.75) is 46.6 Å². The normalized spacial score (nSPS) is 10.8. The van der Waals surface area contributed by atoms with Crippen LogP contribution in [0.2, 0.25) is 0 Å². The molecule has 3 aromatic rings. The summed E-state index contributed by atoms with van der Waals surface area (Å²) < 4.78 is 0. The van der Waals surface area contributed by atoms with E-state index in [4.69, 9.17) is 0 Å². The Morgan fingerprint density at radius 1 is 0.969 bits per heavy atom. The van der Waals surface area contributed by atoms with Crippen LogP contribution in [-0.4, -0.2) is 6.54 Å². The van der Waals surface area contributed by atoms with E-state index in [1.54, 1.807) is 6.92 Å². The van der Waals surface area contributed by atoms with E-state index < -0.39 is 0 Å². The van der Waals surface area contributed by atoms with Gasteiger partial charge in [-0.3, -0.25) is 0 Å². The number of thiophene rings is 1. The average Bonchev–Trinajstić information content (AvgIpc) is 3.12. The molecule has 162 valence electrons. The summed E-state index contributed by atoms with van der Waals surface area (Å²) in [4.78, 5) is 2.92. The molecule has 0 radical (unpaired) electrons. The summed E-state index contributed by atoms with van der Waals surface area (Å²) in [6, 6.07) is 21.0. The summed E-state index contributed by atoms with van der Waals surface area (Å²) in [7, 11) is 0. The fraction of sp³-hybridized carbons (Fsp3) is 0.308. The Bertz CT molecular complexity index is 1170. The van der Waals surface area contributed by atoms with E-state index in [1.165, 1.54) is 29.7 Å². The first kappa shape index (κ1) is 23.2. The number of hydrogen-bond donors (Lipinski definition) is 0. The number of benzene rings is 2. The fourth-order valence-corrected chi connectivity index (χ4v) is 4.39. The minimum absolute atomic E-state index is 0.425. The fourth-order valence-electron chi connectivity index (χ4n) is 3.51. The molecule has 1 aromatic heterocycles. The van der Waals surface area contributed by atoms with Crippen molar-refractivity contribution in [1.29, 1.82) is 10.5 Å². The number of azo groups is 1. The van der Waals surface area contributed by atoms with Crippen molar-refractivity contribution in [3.8, 4) is 12.1 Å². The lowest BCUT2D eigenvalue weighted by atomic mass is 10.1. The number of anilines is 1. The second-order valence-electron chi connectivity index (χ2n) is 7.74. The molecule has 0 spiro atoms. The van der Waals surface area contributed by atoms with Crippen LogP contribution in [-0.2, 0) is 6.54 Å². The molecular formula is C26H27N5S. The molecule has 0 N–H and O–H groups in total. The molecule has 0 atom stereocenters. The molecule has 0 saturated heterocycles. The first-order chi connectivity index (χ1) is 15.6. The molecule has 3 rings (SSSR count). The lowest BCUT2D eigenvalue weighted by Crippen LogP contribution is -2.24.